The Bertz CT molecular complexity index is 420. The van der Waals surface area contributed by atoms with Crippen molar-refractivity contribution in [2.75, 3.05) is 11.5 Å². The van der Waals surface area contributed by atoms with Gasteiger partial charge in [0, 0.05) is 22.7 Å². The van der Waals surface area contributed by atoms with Crippen molar-refractivity contribution in [2.45, 2.75) is 12.8 Å². The van der Waals surface area contributed by atoms with Crippen LogP contribution in [-0.2, 0) is 4.57 Å². The first kappa shape index (κ1) is 12.3. The molecule has 1 aromatic carbocycles. The van der Waals surface area contributed by atoms with Crippen LogP contribution in [0.5, 0.6) is 0 Å². The van der Waals surface area contributed by atoms with E-state index >= 15 is 0 Å². The van der Waals surface area contributed by atoms with Crippen LogP contribution >= 0.6 is 28.3 Å². The molecule has 0 aromatic heterocycles. The van der Waals surface area contributed by atoms with Crippen LogP contribution in [0.3, 0.4) is 0 Å². The summed E-state index contributed by atoms with van der Waals surface area (Å²) < 4.78 is 12.6. The van der Waals surface area contributed by atoms with Crippen molar-refractivity contribution in [1.29, 1.82) is 0 Å². The van der Waals surface area contributed by atoms with Gasteiger partial charge in [-0.15, -0.1) is 0 Å². The molecule has 86 valence electrons. The molecule has 0 aliphatic carbocycles. The lowest BCUT2D eigenvalue weighted by Gasteiger charge is -2.19. The SMILES string of the molecule is C=C(C(C)c1ccccc1)P1(=O)SCCS1. The lowest BCUT2D eigenvalue weighted by molar-refractivity contribution is 0.595. The maximum Gasteiger partial charge on any atom is 0.215 e. The second-order valence-corrected chi connectivity index (χ2v) is 12.0. The molecule has 1 aromatic rings. The number of hydrogen-bond donors (Lipinski definition) is 0. The Morgan fingerprint density at radius 1 is 1.31 bits per heavy atom. The Balaban J connectivity index is 2.20. The monoisotopic (exact) mass is 270 g/mol. The molecule has 0 amide bonds. The van der Waals surface area contributed by atoms with Gasteiger partial charge in [0.1, 0.15) is 0 Å². The minimum absolute atomic E-state index is 0.185. The van der Waals surface area contributed by atoms with Crippen molar-refractivity contribution < 1.29 is 4.57 Å². The third kappa shape index (κ3) is 2.42. The van der Waals surface area contributed by atoms with Gasteiger partial charge < -0.3 is 0 Å². The molecule has 0 N–H and O–H groups in total. The van der Waals surface area contributed by atoms with Crippen molar-refractivity contribution in [1.82, 2.24) is 0 Å². The van der Waals surface area contributed by atoms with Gasteiger partial charge in [-0.25, -0.2) is 0 Å². The lowest BCUT2D eigenvalue weighted by atomic mass is 10.0. The van der Waals surface area contributed by atoms with E-state index in [2.05, 4.69) is 25.6 Å². The van der Waals surface area contributed by atoms with Crippen molar-refractivity contribution >= 4 is 28.3 Å². The number of hydrogen-bond acceptors (Lipinski definition) is 3. The maximum atomic E-state index is 12.6. The number of benzene rings is 1. The molecule has 1 heterocycles. The van der Waals surface area contributed by atoms with E-state index < -0.39 is 5.55 Å². The van der Waals surface area contributed by atoms with E-state index in [9.17, 15) is 4.57 Å². The number of rotatable bonds is 3. The summed E-state index contributed by atoms with van der Waals surface area (Å²) in [6.07, 6.45) is 0. The summed E-state index contributed by atoms with van der Waals surface area (Å²) in [6, 6.07) is 10.2. The molecule has 2 rings (SSSR count). The molecule has 4 heteroatoms. The molecular formula is C12H15OPS2. The van der Waals surface area contributed by atoms with E-state index in [0.29, 0.717) is 0 Å². The van der Waals surface area contributed by atoms with Gasteiger partial charge in [-0.1, -0.05) is 66.6 Å². The Morgan fingerprint density at radius 2 is 1.88 bits per heavy atom. The van der Waals surface area contributed by atoms with E-state index in [1.165, 1.54) is 5.56 Å². The summed E-state index contributed by atoms with van der Waals surface area (Å²) in [5, 5.41) is 0.909. The summed E-state index contributed by atoms with van der Waals surface area (Å²) in [4.78, 5) is 0. The van der Waals surface area contributed by atoms with Gasteiger partial charge in [0.2, 0.25) is 5.55 Å². The fourth-order valence-electron chi connectivity index (χ4n) is 1.69. The second-order valence-electron chi connectivity index (χ2n) is 3.79. The summed E-state index contributed by atoms with van der Waals surface area (Å²) >= 11 is 3.19. The molecule has 1 atom stereocenters. The van der Waals surface area contributed by atoms with E-state index in [1.54, 1.807) is 22.8 Å². The zero-order valence-electron chi connectivity index (χ0n) is 9.26. The molecule has 0 radical (unpaired) electrons. The zero-order chi connectivity index (χ0) is 11.6. The highest BCUT2D eigenvalue weighted by atomic mass is 33.1. The van der Waals surface area contributed by atoms with Gasteiger partial charge in [-0.2, -0.15) is 0 Å². The highest BCUT2D eigenvalue weighted by molar-refractivity contribution is 8.93. The highest BCUT2D eigenvalue weighted by Gasteiger charge is 2.34. The zero-order valence-corrected chi connectivity index (χ0v) is 11.8. The third-order valence-electron chi connectivity index (χ3n) is 2.76. The molecule has 1 saturated heterocycles. The largest absolute Gasteiger partial charge is 0.296 e. The van der Waals surface area contributed by atoms with E-state index in [4.69, 9.17) is 0 Å². The first-order chi connectivity index (χ1) is 7.63. The fraction of sp³-hybridized carbons (Fsp3) is 0.333. The maximum absolute atomic E-state index is 12.6. The fourth-order valence-corrected chi connectivity index (χ4v) is 10.8. The third-order valence-corrected chi connectivity index (χ3v) is 12.0. The van der Waals surface area contributed by atoms with Gasteiger partial charge in [0.25, 0.3) is 0 Å². The van der Waals surface area contributed by atoms with Crippen LogP contribution in [0.4, 0.5) is 0 Å². The van der Waals surface area contributed by atoms with E-state index in [-0.39, 0.29) is 5.92 Å². The van der Waals surface area contributed by atoms with Crippen LogP contribution in [0.15, 0.2) is 42.2 Å². The smallest absolute Gasteiger partial charge is 0.215 e. The van der Waals surface area contributed by atoms with Gasteiger partial charge in [-0.05, 0) is 5.56 Å². The first-order valence-electron chi connectivity index (χ1n) is 5.27. The van der Waals surface area contributed by atoms with Gasteiger partial charge >= 0.3 is 0 Å². The van der Waals surface area contributed by atoms with E-state index in [0.717, 1.165) is 16.8 Å². The quantitative estimate of drug-likeness (QED) is 0.721. The molecular weight excluding hydrogens is 255 g/mol. The van der Waals surface area contributed by atoms with Crippen LogP contribution in [0.1, 0.15) is 18.4 Å². The Kier molecular flexibility index (Phi) is 3.89. The van der Waals surface area contributed by atoms with Gasteiger partial charge in [-0.3, -0.25) is 4.57 Å². The normalized spacial score (nSPS) is 20.6. The van der Waals surface area contributed by atoms with Crippen LogP contribution < -0.4 is 0 Å². The average molecular weight is 270 g/mol. The average Bonchev–Trinajstić information content (AvgIpc) is 2.77. The lowest BCUT2D eigenvalue weighted by Crippen LogP contribution is -1.94. The summed E-state index contributed by atoms with van der Waals surface area (Å²) in [6.45, 7) is 6.17. The first-order valence-corrected chi connectivity index (χ1v) is 10.2. The van der Waals surface area contributed by atoms with Crippen molar-refractivity contribution in [3.05, 3.63) is 47.8 Å². The molecule has 1 aliphatic rings. The Morgan fingerprint density at radius 3 is 2.44 bits per heavy atom. The molecule has 0 bridgehead atoms. The molecule has 1 fully saturated rings. The van der Waals surface area contributed by atoms with Gasteiger partial charge in [0.05, 0.1) is 0 Å². The summed E-state index contributed by atoms with van der Waals surface area (Å²) in [7, 11) is 0. The van der Waals surface area contributed by atoms with Crippen molar-refractivity contribution in [2.24, 2.45) is 0 Å². The van der Waals surface area contributed by atoms with Gasteiger partial charge in [0.15, 0.2) is 0 Å². The highest BCUT2D eigenvalue weighted by Crippen LogP contribution is 2.79. The standard InChI is InChI=1S/C12H15OPS2/c1-10(12-6-4-3-5-7-12)11(2)14(13)15-8-9-16-14/h3-7,10H,2,8-9H2,1H3. The second kappa shape index (κ2) is 5.03. The van der Waals surface area contributed by atoms with Crippen LogP contribution in [-0.4, -0.2) is 11.5 Å². The van der Waals surface area contributed by atoms with Crippen LogP contribution in [0.25, 0.3) is 0 Å². The molecule has 1 nitrogen and oxygen atoms in total. The molecule has 0 saturated carbocycles. The predicted octanol–water partition coefficient (Wildman–Crippen LogP) is 4.98. The number of allylic oxidation sites excluding steroid dienone is 1. The minimum Gasteiger partial charge on any atom is -0.296 e. The Hall–Kier alpha value is -0.110. The summed E-state index contributed by atoms with van der Waals surface area (Å²) in [5.41, 5.74) is -1.04. The van der Waals surface area contributed by atoms with E-state index in [1.807, 2.05) is 18.2 Å². The Labute approximate surface area is 105 Å². The molecule has 0 spiro atoms. The van der Waals surface area contributed by atoms with Crippen LogP contribution in [0.2, 0.25) is 0 Å². The van der Waals surface area contributed by atoms with Crippen molar-refractivity contribution in [3.8, 4) is 0 Å². The van der Waals surface area contributed by atoms with Crippen molar-refractivity contribution in [3.63, 3.8) is 0 Å². The topological polar surface area (TPSA) is 17.1 Å². The molecule has 1 unspecified atom stereocenters. The predicted molar refractivity (Wildman–Crippen MR) is 76.5 cm³/mol. The minimum atomic E-state index is -2.24. The van der Waals surface area contributed by atoms with Crippen LogP contribution in [0, 0.1) is 0 Å². The molecule has 16 heavy (non-hydrogen) atoms. The molecule has 1 aliphatic heterocycles. The summed E-state index contributed by atoms with van der Waals surface area (Å²) in [5.74, 6) is 2.16.